The Kier molecular flexibility index (Phi) is 18.8. The van der Waals surface area contributed by atoms with Gasteiger partial charge in [-0.05, 0) is 158 Å². The summed E-state index contributed by atoms with van der Waals surface area (Å²) < 4.78 is 11.3. The second kappa shape index (κ2) is 24.7. The summed E-state index contributed by atoms with van der Waals surface area (Å²) in [5.41, 5.74) is 21.2. The largest absolute Gasteiger partial charge is 0.449 e. The standard InChI is InChI=1S/C54H75N7O8/c1-9-35-36(10-2)46-32-50-42(18-16-28-69-54(67)61(21-25-64)22-26-65)34(8)44(56-50)30-48-38(12-4)40(14-6)52(59-48)51-39(13-5)37(11-3)47(58-51)29-43-33(7)41(49(55-43)31-45(35)57-46)17-15-27-68-53(66)60(19-23-62)20-24-63/h29-32,55-57,62-65H,9-28H2,1-8H3. The van der Waals surface area contributed by atoms with Gasteiger partial charge >= 0.3 is 12.2 Å². The number of allylic oxidation sites excluding steroid dienone is 4. The van der Waals surface area contributed by atoms with Crippen LogP contribution >= 0.6 is 0 Å². The minimum Gasteiger partial charge on any atom is -0.449 e. The molecule has 0 saturated heterocycles. The Balaban J connectivity index is 1.60. The number of nitrogens with zero attached hydrogens (tertiary/aromatic N) is 4. The molecule has 4 aromatic heterocycles. The highest BCUT2D eigenvalue weighted by Gasteiger charge is 2.27. The normalized spacial score (nSPS) is 12.6. The predicted molar refractivity (Wildman–Crippen MR) is 276 cm³/mol. The van der Waals surface area contributed by atoms with E-state index in [1.54, 1.807) is 0 Å². The van der Waals surface area contributed by atoms with Crippen LogP contribution < -0.4 is 0 Å². The van der Waals surface area contributed by atoms with E-state index >= 15 is 0 Å². The minimum absolute atomic E-state index is 0.0865. The molecule has 7 N–H and O–H groups in total. The molecular formula is C54H75N7O8. The molecule has 0 radical (unpaired) electrons. The van der Waals surface area contributed by atoms with Crippen LogP contribution in [0.1, 0.15) is 136 Å². The highest BCUT2D eigenvalue weighted by molar-refractivity contribution is 6.00. The lowest BCUT2D eigenvalue weighted by Crippen LogP contribution is -2.36. The minimum atomic E-state index is -0.562. The quantitative estimate of drug-likeness (QED) is 0.0371. The van der Waals surface area contributed by atoms with E-state index < -0.39 is 12.2 Å². The zero-order valence-corrected chi connectivity index (χ0v) is 42.2. The van der Waals surface area contributed by atoms with Crippen molar-refractivity contribution in [3.05, 3.63) is 80.4 Å². The van der Waals surface area contributed by atoms with E-state index in [4.69, 9.17) is 19.4 Å². The number of rotatable bonds is 22. The molecule has 10 bridgehead atoms. The van der Waals surface area contributed by atoms with E-state index in [0.29, 0.717) is 25.7 Å². The number of ether oxygens (including phenoxy) is 2. The number of aliphatic hydroxyl groups excluding tert-OH is 4. The fraction of sp³-hybridized carbons (Fsp3) is 0.519. The molecule has 374 valence electrons. The van der Waals surface area contributed by atoms with Gasteiger partial charge in [-0.25, -0.2) is 19.6 Å². The summed E-state index contributed by atoms with van der Waals surface area (Å²) in [5.74, 6) is 0. The second-order valence-corrected chi connectivity index (χ2v) is 17.6. The van der Waals surface area contributed by atoms with Crippen molar-refractivity contribution in [3.63, 3.8) is 0 Å². The van der Waals surface area contributed by atoms with Gasteiger partial charge in [0, 0.05) is 59.3 Å². The van der Waals surface area contributed by atoms with Crippen molar-refractivity contribution in [2.45, 2.75) is 120 Å². The molecule has 69 heavy (non-hydrogen) atoms. The number of H-pyrrole nitrogens is 3. The third kappa shape index (κ3) is 11.5. The van der Waals surface area contributed by atoms with Crippen LogP contribution in [0.15, 0.2) is 24.3 Å². The van der Waals surface area contributed by atoms with Gasteiger partial charge in [-0.1, -0.05) is 41.5 Å². The van der Waals surface area contributed by atoms with Crippen LogP contribution in [0, 0.1) is 13.8 Å². The number of aromatic amines is 3. The summed E-state index contributed by atoms with van der Waals surface area (Å²) in [4.78, 5) is 50.7. The van der Waals surface area contributed by atoms with Crippen molar-refractivity contribution in [3.8, 4) is 0 Å². The van der Waals surface area contributed by atoms with Crippen LogP contribution in [0.5, 0.6) is 0 Å². The fourth-order valence-electron chi connectivity index (χ4n) is 10.1. The Hall–Kier alpha value is -5.74. The first kappa shape index (κ1) is 52.6. The Morgan fingerprint density at radius 3 is 1.13 bits per heavy atom. The Morgan fingerprint density at radius 1 is 0.478 bits per heavy atom. The van der Waals surface area contributed by atoms with Gasteiger partial charge in [-0.3, -0.25) is 0 Å². The highest BCUT2D eigenvalue weighted by Crippen LogP contribution is 2.43. The van der Waals surface area contributed by atoms with E-state index in [-0.39, 0.29) is 65.8 Å². The Morgan fingerprint density at radius 2 is 0.812 bits per heavy atom. The number of amides is 2. The SMILES string of the molecule is CCC1=C(CC)c2nc1cc1[nH]c(cc3[nH]c(cc4[nH]c(cc5nc2C(CC)=C5CC)c(C)c4CCCOC(=O)N(CCO)CCO)c(CC)c3CC)c(CCCOC(=O)N(CCO)CCO)c1C. The molecule has 15 nitrogen and oxygen atoms in total. The van der Waals surface area contributed by atoms with Gasteiger partial charge in [0.05, 0.1) is 62.4 Å². The Bertz CT molecular complexity index is 2550. The summed E-state index contributed by atoms with van der Waals surface area (Å²) in [6.07, 6.45) is 6.07. The van der Waals surface area contributed by atoms with Gasteiger partial charge < -0.3 is 54.7 Å². The molecule has 15 heteroatoms. The molecule has 0 saturated carbocycles. The van der Waals surface area contributed by atoms with Crippen LogP contribution in [0.2, 0.25) is 0 Å². The highest BCUT2D eigenvalue weighted by atomic mass is 16.6. The average molecular weight is 950 g/mol. The summed E-state index contributed by atoms with van der Waals surface area (Å²) in [5, 5.41) is 37.9. The first-order valence-electron chi connectivity index (χ1n) is 25.1. The van der Waals surface area contributed by atoms with Gasteiger partial charge in [0.25, 0.3) is 0 Å². The number of carbonyl (C=O) groups excluding carboxylic acids is 2. The molecule has 0 atom stereocenters. The fourth-order valence-corrected chi connectivity index (χ4v) is 10.1. The number of fused-ring (bicyclic) bond motifs is 11. The molecule has 0 fully saturated rings. The molecule has 0 aromatic carbocycles. The smallest absolute Gasteiger partial charge is 0.409 e. The van der Waals surface area contributed by atoms with Crippen molar-refractivity contribution in [2.24, 2.45) is 0 Å². The van der Waals surface area contributed by atoms with E-state index in [2.05, 4.69) is 94.6 Å². The molecule has 4 aromatic rings. The first-order valence-corrected chi connectivity index (χ1v) is 25.1. The van der Waals surface area contributed by atoms with Gasteiger partial charge in [-0.2, -0.15) is 0 Å². The molecule has 2 aliphatic rings. The van der Waals surface area contributed by atoms with Crippen LogP contribution in [-0.2, 0) is 35.2 Å². The maximum absolute atomic E-state index is 12.9. The summed E-state index contributed by atoms with van der Waals surface area (Å²) >= 11 is 0. The van der Waals surface area contributed by atoms with Crippen LogP contribution in [0.3, 0.4) is 0 Å². The number of aliphatic hydroxyl groups is 4. The monoisotopic (exact) mass is 950 g/mol. The van der Waals surface area contributed by atoms with Crippen molar-refractivity contribution in [1.29, 1.82) is 0 Å². The molecule has 6 heterocycles. The lowest BCUT2D eigenvalue weighted by molar-refractivity contribution is 0.0849. The number of nitrogens with one attached hydrogen (secondary N) is 3. The predicted octanol–water partition coefficient (Wildman–Crippen LogP) is 9.27. The van der Waals surface area contributed by atoms with E-state index in [1.807, 2.05) is 0 Å². The summed E-state index contributed by atoms with van der Waals surface area (Å²) in [6.45, 7) is 17.2. The zero-order valence-electron chi connectivity index (χ0n) is 42.2. The van der Waals surface area contributed by atoms with Gasteiger partial charge in [0.2, 0.25) is 0 Å². The lowest BCUT2D eigenvalue weighted by Gasteiger charge is -2.19. The van der Waals surface area contributed by atoms with E-state index in [1.165, 1.54) is 43.2 Å². The maximum Gasteiger partial charge on any atom is 0.409 e. The van der Waals surface area contributed by atoms with E-state index in [0.717, 1.165) is 117 Å². The van der Waals surface area contributed by atoms with Crippen LogP contribution in [-0.4, -0.2) is 133 Å². The van der Waals surface area contributed by atoms with Crippen molar-refractivity contribution in [1.82, 2.24) is 34.7 Å². The molecule has 2 aliphatic heterocycles. The molecule has 0 unspecified atom stereocenters. The van der Waals surface area contributed by atoms with Crippen molar-refractivity contribution >= 4 is 67.6 Å². The zero-order chi connectivity index (χ0) is 49.8. The summed E-state index contributed by atoms with van der Waals surface area (Å²) in [6, 6.07) is 8.80. The molecule has 0 spiro atoms. The number of hydrogen-bond donors (Lipinski definition) is 7. The average Bonchev–Trinajstić information content (AvgIpc) is 4.12. The van der Waals surface area contributed by atoms with Gasteiger partial charge in [0.15, 0.2) is 0 Å². The third-order valence-electron chi connectivity index (χ3n) is 13.6. The molecular weight excluding hydrogens is 875 g/mol. The maximum atomic E-state index is 12.9. The van der Waals surface area contributed by atoms with Crippen LogP contribution in [0.25, 0.3) is 55.4 Å². The molecule has 0 aliphatic carbocycles. The van der Waals surface area contributed by atoms with Crippen molar-refractivity contribution < 1.29 is 39.5 Å². The number of carbonyl (C=O) groups is 2. The molecule has 2 amide bonds. The molecule has 6 rings (SSSR count). The number of aryl methyl sites for hydroxylation is 6. The topological polar surface area (TPSA) is 213 Å². The van der Waals surface area contributed by atoms with Gasteiger partial charge in [-0.15, -0.1) is 0 Å². The first-order chi connectivity index (χ1) is 33.4. The lowest BCUT2D eigenvalue weighted by atomic mass is 9.95. The number of aromatic nitrogens is 5. The van der Waals surface area contributed by atoms with E-state index in [9.17, 15) is 30.0 Å². The van der Waals surface area contributed by atoms with Crippen LogP contribution in [0.4, 0.5) is 9.59 Å². The summed E-state index contributed by atoms with van der Waals surface area (Å²) in [7, 11) is 0. The third-order valence-corrected chi connectivity index (χ3v) is 13.6. The number of hydrogen-bond acceptors (Lipinski definition) is 10. The Labute approximate surface area is 406 Å². The van der Waals surface area contributed by atoms with Gasteiger partial charge in [0.1, 0.15) is 0 Å². The second-order valence-electron chi connectivity index (χ2n) is 17.6. The van der Waals surface area contributed by atoms with Crippen molar-refractivity contribution in [2.75, 3.05) is 65.8 Å².